The molecule has 0 bridgehead atoms. The van der Waals surface area contributed by atoms with Gasteiger partial charge in [-0.05, 0) is 123 Å². The third-order valence-electron chi connectivity index (χ3n) is 16.2. The van der Waals surface area contributed by atoms with Crippen molar-refractivity contribution >= 4 is 225 Å². The number of esters is 4. The normalized spacial score (nSPS) is 10.7. The number of alkyl halides is 5. The highest BCUT2D eigenvalue weighted by Crippen LogP contribution is 2.29. The Morgan fingerprint density at radius 2 is 0.600 bits per heavy atom. The van der Waals surface area contributed by atoms with Gasteiger partial charge in [-0.1, -0.05) is 210 Å². The lowest BCUT2D eigenvalue weighted by atomic mass is 8.43. The van der Waals surface area contributed by atoms with Gasteiger partial charge in [-0.2, -0.15) is 0 Å². The number of carbonyl (C=O) groups excluding carboxylic acids is 4. The third-order valence-corrected chi connectivity index (χ3v) is 22.2. The predicted molar refractivity (Wildman–Crippen MR) is 452 cm³/mol. The second kappa shape index (κ2) is 58.6. The monoisotopic (exact) mass is 1660 g/mol. The van der Waals surface area contributed by atoms with E-state index in [4.69, 9.17) is 108 Å². The molecule has 0 aliphatic heterocycles. The van der Waals surface area contributed by atoms with Crippen molar-refractivity contribution in [1.82, 2.24) is 0 Å². The molecular weight excluding hydrogens is 1570 g/mol. The Morgan fingerprint density at radius 3 is 0.800 bits per heavy atom. The van der Waals surface area contributed by atoms with E-state index >= 15 is 0 Å². The Bertz CT molecular complexity index is 2540. The van der Waals surface area contributed by atoms with Gasteiger partial charge in [0.25, 0.3) is 0 Å². The quantitative estimate of drug-likeness (QED) is 0.0147. The molecule has 4 aromatic rings. The lowest BCUT2D eigenvalue weighted by Gasteiger charge is -2.38. The minimum absolute atomic E-state index is 0.154. The SMILES string of the molecule is BrCC(CBr)(CBr)CBr.CCCCCCCOC(=O)c1ccc(O)cc1.CCCCCCCOC(=O)c1ccc(OCC(CBr)(COc2ccc(C(=O)OCCCCCCC)cc2)COc2ccc(C(=O)OCCCCCCC)cc2)cc1.[B][B]B(B([B])[B])B(B([B])[B])B(B([B])[B])B([B])[B]. The van der Waals surface area contributed by atoms with Crippen molar-refractivity contribution in [2.45, 2.75) is 156 Å². The number of rotatable bonds is 49. The number of aromatic hydroxyl groups is 1. The van der Waals surface area contributed by atoms with Gasteiger partial charge in [-0.25, -0.2) is 19.2 Å². The lowest BCUT2D eigenvalue weighted by molar-refractivity contribution is 0.0487. The summed E-state index contributed by atoms with van der Waals surface area (Å²) in [4.78, 5) is 49.3. The van der Waals surface area contributed by atoms with Gasteiger partial charge in [0.05, 0.1) is 54.1 Å². The summed E-state index contributed by atoms with van der Waals surface area (Å²) in [5.41, 5.74) is 1.53. The summed E-state index contributed by atoms with van der Waals surface area (Å²) in [7, 11) is 52.0. The van der Waals surface area contributed by atoms with Crippen LogP contribution < -0.4 is 14.2 Å². The molecule has 0 spiro atoms. The van der Waals surface area contributed by atoms with Gasteiger partial charge in [0.15, 0.2) is 0 Å². The topological polar surface area (TPSA) is 153 Å². The van der Waals surface area contributed by atoms with E-state index in [9.17, 15) is 19.2 Å². The van der Waals surface area contributed by atoms with Crippen LogP contribution in [-0.2, 0) is 18.9 Å². The maximum atomic E-state index is 12.6. The van der Waals surface area contributed by atoms with E-state index in [1.807, 2.05) is 0 Å². The first-order valence-electron chi connectivity index (χ1n) is 35.1. The summed E-state index contributed by atoms with van der Waals surface area (Å²) < 4.78 is 40.4. The largest absolute Gasteiger partial charge is 0.508 e. The molecule has 12 nitrogen and oxygen atoms in total. The average molecular weight is 1660 g/mol. The minimum atomic E-state index is -0.796. The van der Waals surface area contributed by atoms with Crippen LogP contribution in [-0.4, -0.2) is 223 Å². The van der Waals surface area contributed by atoms with Gasteiger partial charge in [-0.3, -0.25) is 0 Å². The molecule has 34 heteroatoms. The average Bonchev–Trinajstić information content (AvgIpc) is 0.835. The summed E-state index contributed by atoms with van der Waals surface area (Å²) >= 11 is 17.5. The second-order valence-corrected chi connectivity index (χ2v) is 27.9. The molecule has 0 atom stereocenters. The predicted octanol–water partition coefficient (Wildman–Crippen LogP) is 12.6. The summed E-state index contributed by atoms with van der Waals surface area (Å²) in [5, 5.41) is 13.6. The van der Waals surface area contributed by atoms with Crippen LogP contribution in [0.1, 0.15) is 198 Å². The molecule has 0 aromatic heterocycles. The maximum Gasteiger partial charge on any atom is 0.338 e. The molecule has 0 aliphatic rings. The van der Waals surface area contributed by atoms with Crippen LogP contribution in [0.5, 0.6) is 23.0 Å². The molecule has 19 radical (unpaired) electrons. The van der Waals surface area contributed by atoms with E-state index in [2.05, 4.69) is 107 Å². The number of phenolic OH excluding ortho intramolecular Hbond substituents is 1. The van der Waals surface area contributed by atoms with Gasteiger partial charge >= 0.3 is 23.9 Å². The molecule has 0 amide bonds. The van der Waals surface area contributed by atoms with Crippen molar-refractivity contribution in [1.29, 1.82) is 0 Å². The number of unbranched alkanes of at least 4 members (excludes halogenated alkanes) is 16. The third kappa shape index (κ3) is 40.8. The molecule has 0 unspecified atom stereocenters. The lowest BCUT2D eigenvalue weighted by Crippen LogP contribution is -2.76. The fourth-order valence-electron chi connectivity index (χ4n) is 9.69. The van der Waals surface area contributed by atoms with E-state index in [1.165, 1.54) is 77.0 Å². The second-order valence-electron chi connectivity index (χ2n) is 25.1. The van der Waals surface area contributed by atoms with Crippen molar-refractivity contribution < 1.29 is 57.4 Å². The Balaban J connectivity index is 0.000000929. The molecule has 0 aliphatic carbocycles. The Morgan fingerprint density at radius 1 is 0.360 bits per heavy atom. The Labute approximate surface area is 658 Å². The van der Waals surface area contributed by atoms with Crippen LogP contribution >= 0.6 is 79.6 Å². The first-order valence-corrected chi connectivity index (χ1v) is 40.7. The van der Waals surface area contributed by atoms with Crippen molar-refractivity contribution in [3.63, 3.8) is 0 Å². The molecule has 0 saturated heterocycles. The Hall–Kier alpha value is -2.54. The standard InChI is InChI=1S/C47H65BrO9.C14H20O3.C5H8Br4.B17/c1-4-7-10-13-16-31-52-44(49)38-19-25-41(26-20-38)55-35-47(34-48,36-56-42-27-21-39(22-28-42)45(50)53-32-17-14-11-8-5-2)37-57-43-29-23-40(24-30-43)46(51)54-33-18-15-12-9-6-3;1-2-3-4-5-6-11-17-14(16)12-7-9-13(15)10-8-12;6-1-5(2-7,3-8)4-9;1-10-15(11(2)3)17(14(8)9)16(12(4)5)13(6)7/h19-30H,4-18,31-37H2,1-3H3;7-10,15H,2-6,11H2,1H3;1-4H2;. The smallest absolute Gasteiger partial charge is 0.338 e. The Kier molecular flexibility index (Phi) is 56.0. The van der Waals surface area contributed by atoms with Crippen LogP contribution in [0.4, 0.5) is 0 Å². The number of hydrogen-bond donors (Lipinski definition) is 1. The summed E-state index contributed by atoms with van der Waals surface area (Å²) in [6.07, 6.45) is 17.3. The van der Waals surface area contributed by atoms with Crippen molar-refractivity contribution in [2.75, 3.05) is 72.9 Å². The zero-order valence-corrected chi connectivity index (χ0v) is 67.4. The molecule has 0 fully saturated rings. The first-order chi connectivity index (χ1) is 48.0. The van der Waals surface area contributed by atoms with Crippen LogP contribution in [0.15, 0.2) is 97.1 Å². The molecule has 515 valence electrons. The number of hydrogen-bond acceptors (Lipinski definition) is 12. The maximum absolute atomic E-state index is 12.6. The van der Waals surface area contributed by atoms with Crippen LogP contribution in [0.25, 0.3) is 0 Å². The number of ether oxygens (including phenoxy) is 7. The molecular formula is C66H93B17Br5O12. The molecule has 0 heterocycles. The van der Waals surface area contributed by atoms with E-state index < -0.39 is 50.1 Å². The van der Waals surface area contributed by atoms with Crippen LogP contribution in [0.2, 0.25) is 0 Å². The van der Waals surface area contributed by atoms with Crippen molar-refractivity contribution in [3.8, 4) is 23.0 Å². The van der Waals surface area contributed by atoms with E-state index in [0.717, 1.165) is 91.9 Å². The molecule has 4 aromatic carbocycles. The van der Waals surface area contributed by atoms with Gasteiger partial charge in [0, 0.05) is 153 Å². The van der Waals surface area contributed by atoms with Gasteiger partial charge in [0.1, 0.15) is 42.8 Å². The summed E-state index contributed by atoms with van der Waals surface area (Å²) in [6, 6.07) is 26.8. The highest BCUT2D eigenvalue weighted by atomic mass is 79.9. The molecule has 0 saturated carbocycles. The first kappa shape index (κ1) is 95.5. The molecule has 1 N–H and O–H groups in total. The molecule has 100 heavy (non-hydrogen) atoms. The number of carbonyl (C=O) groups is 4. The van der Waals surface area contributed by atoms with Crippen LogP contribution in [0.3, 0.4) is 0 Å². The van der Waals surface area contributed by atoms with Gasteiger partial charge in [-0.15, -0.1) is 0 Å². The van der Waals surface area contributed by atoms with Gasteiger partial charge < -0.3 is 38.3 Å². The van der Waals surface area contributed by atoms with E-state index in [0.29, 0.717) is 76.7 Å². The van der Waals surface area contributed by atoms with Crippen LogP contribution in [0, 0.1) is 10.8 Å². The summed E-state index contributed by atoms with van der Waals surface area (Å²) in [5.74, 6) is 0.529. The highest BCUT2D eigenvalue weighted by Gasteiger charge is 2.40. The molecule has 4 rings (SSSR count). The van der Waals surface area contributed by atoms with Crippen molar-refractivity contribution in [3.05, 3.63) is 119 Å². The minimum Gasteiger partial charge on any atom is -0.508 e. The van der Waals surface area contributed by atoms with E-state index in [-0.39, 0.29) is 49.4 Å². The van der Waals surface area contributed by atoms with E-state index in [1.54, 1.807) is 84.9 Å². The van der Waals surface area contributed by atoms with Gasteiger partial charge in [0.2, 0.25) is 0 Å². The number of halogens is 5. The zero-order valence-electron chi connectivity index (χ0n) is 59.5. The van der Waals surface area contributed by atoms with Crippen molar-refractivity contribution in [2.24, 2.45) is 10.8 Å². The highest BCUT2D eigenvalue weighted by molar-refractivity contribution is 9.11. The fraction of sp³-hybridized carbons (Fsp3) is 0.576. The summed E-state index contributed by atoms with van der Waals surface area (Å²) in [6.45, 7) is 11.0. The number of benzene rings is 4. The fourth-order valence-corrected chi connectivity index (χ4v) is 15.7. The number of phenols is 1. The zero-order chi connectivity index (χ0) is 74.6.